The summed E-state index contributed by atoms with van der Waals surface area (Å²) in [4.78, 5) is 25.3. The minimum Gasteiger partial charge on any atom is -0.480 e. The van der Waals surface area contributed by atoms with Crippen LogP contribution in [0.15, 0.2) is 36.4 Å². The molecule has 0 bridgehead atoms. The highest BCUT2D eigenvalue weighted by Gasteiger charge is 2.25. The highest BCUT2D eigenvalue weighted by atomic mass is 32.1. The minimum atomic E-state index is -1.12. The summed E-state index contributed by atoms with van der Waals surface area (Å²) in [5, 5.41) is 11.9. The molecule has 0 aliphatic rings. The van der Waals surface area contributed by atoms with E-state index in [9.17, 15) is 14.7 Å². The zero-order valence-electron chi connectivity index (χ0n) is 17.2. The van der Waals surface area contributed by atoms with Gasteiger partial charge < -0.3 is 24.6 Å². The standard InChI is InChI=1S/C21H27NO6S/c1-21(2,3)28-20(25)22-16(18(23)24)12-13-10-11-17(29-13)14-8-6-7-9-15(14)19(26-4)27-5/h6-11,16,19H,12H2,1-5H3,(H,22,25)(H,23,24). The summed E-state index contributed by atoms with van der Waals surface area (Å²) in [6.07, 6.45) is -1.10. The average molecular weight is 422 g/mol. The third-order valence-electron chi connectivity index (χ3n) is 3.96. The van der Waals surface area contributed by atoms with Crippen LogP contribution >= 0.6 is 11.3 Å². The molecule has 0 aliphatic heterocycles. The molecule has 0 saturated heterocycles. The summed E-state index contributed by atoms with van der Waals surface area (Å²) < 4.78 is 15.9. The third-order valence-corrected chi connectivity index (χ3v) is 5.11. The number of rotatable bonds is 8. The van der Waals surface area contributed by atoms with Crippen molar-refractivity contribution in [3.8, 4) is 10.4 Å². The van der Waals surface area contributed by atoms with Crippen molar-refractivity contribution in [2.24, 2.45) is 0 Å². The lowest BCUT2D eigenvalue weighted by Gasteiger charge is -2.21. The lowest BCUT2D eigenvalue weighted by atomic mass is 10.1. The number of methoxy groups -OCH3 is 2. The first kappa shape index (κ1) is 22.9. The highest BCUT2D eigenvalue weighted by Crippen LogP contribution is 2.35. The number of carbonyl (C=O) groups is 2. The lowest BCUT2D eigenvalue weighted by Crippen LogP contribution is -2.44. The lowest BCUT2D eigenvalue weighted by molar-refractivity contribution is -0.139. The average Bonchev–Trinajstić information content (AvgIpc) is 3.09. The number of thiophene rings is 1. The zero-order chi connectivity index (χ0) is 21.6. The van der Waals surface area contributed by atoms with E-state index in [1.54, 1.807) is 35.0 Å². The molecule has 0 saturated carbocycles. The number of ether oxygens (including phenoxy) is 3. The quantitative estimate of drug-likeness (QED) is 0.620. The molecule has 1 atom stereocenters. The van der Waals surface area contributed by atoms with Gasteiger partial charge in [-0.3, -0.25) is 0 Å². The molecule has 1 aromatic heterocycles. The molecule has 0 fully saturated rings. The molecule has 1 amide bonds. The first-order chi connectivity index (χ1) is 13.6. The molecule has 2 N–H and O–H groups in total. The van der Waals surface area contributed by atoms with Crippen LogP contribution in [0, 0.1) is 0 Å². The topological polar surface area (TPSA) is 94.1 Å². The Morgan fingerprint density at radius 3 is 2.34 bits per heavy atom. The van der Waals surface area contributed by atoms with Gasteiger partial charge in [0.05, 0.1) is 0 Å². The summed E-state index contributed by atoms with van der Waals surface area (Å²) >= 11 is 1.46. The van der Waals surface area contributed by atoms with Gasteiger partial charge in [0.1, 0.15) is 11.6 Å². The van der Waals surface area contributed by atoms with Gasteiger partial charge in [0, 0.05) is 36.0 Å². The van der Waals surface area contributed by atoms with Crippen LogP contribution in [0.2, 0.25) is 0 Å². The Morgan fingerprint density at radius 2 is 1.76 bits per heavy atom. The Kier molecular flexibility index (Phi) is 7.78. The van der Waals surface area contributed by atoms with E-state index < -0.39 is 30.0 Å². The maximum atomic E-state index is 12.0. The summed E-state index contributed by atoms with van der Waals surface area (Å²) in [6, 6.07) is 10.4. The normalized spacial score (nSPS) is 12.6. The molecule has 2 aromatic rings. The Morgan fingerprint density at radius 1 is 1.10 bits per heavy atom. The van der Waals surface area contributed by atoms with Crippen LogP contribution in [0.4, 0.5) is 4.79 Å². The number of hydrogen-bond donors (Lipinski definition) is 2. The van der Waals surface area contributed by atoms with Crippen LogP contribution in [-0.4, -0.2) is 43.0 Å². The number of aliphatic carboxylic acids is 1. The van der Waals surface area contributed by atoms with E-state index >= 15 is 0 Å². The predicted molar refractivity (Wildman–Crippen MR) is 111 cm³/mol. The Hall–Kier alpha value is -2.42. The second-order valence-electron chi connectivity index (χ2n) is 7.40. The van der Waals surface area contributed by atoms with Crippen molar-refractivity contribution >= 4 is 23.4 Å². The van der Waals surface area contributed by atoms with E-state index in [0.717, 1.165) is 20.9 Å². The van der Waals surface area contributed by atoms with E-state index in [4.69, 9.17) is 14.2 Å². The molecule has 29 heavy (non-hydrogen) atoms. The van der Waals surface area contributed by atoms with E-state index in [-0.39, 0.29) is 6.42 Å². The van der Waals surface area contributed by atoms with E-state index in [1.807, 2.05) is 36.4 Å². The molecule has 8 heteroatoms. The Labute approximate surface area is 174 Å². The first-order valence-corrected chi connectivity index (χ1v) is 9.92. The molecule has 0 spiro atoms. The monoisotopic (exact) mass is 421 g/mol. The highest BCUT2D eigenvalue weighted by molar-refractivity contribution is 7.15. The van der Waals surface area contributed by atoms with Gasteiger partial charge in [-0.25, -0.2) is 9.59 Å². The van der Waals surface area contributed by atoms with Crippen LogP contribution < -0.4 is 5.32 Å². The molecule has 1 heterocycles. The molecule has 2 rings (SSSR count). The van der Waals surface area contributed by atoms with Gasteiger partial charge in [0.15, 0.2) is 6.29 Å². The maximum Gasteiger partial charge on any atom is 0.408 e. The summed E-state index contributed by atoms with van der Waals surface area (Å²) in [5.41, 5.74) is 1.13. The van der Waals surface area contributed by atoms with Gasteiger partial charge in [-0.2, -0.15) is 0 Å². The number of carboxylic acid groups (broad SMARTS) is 1. The van der Waals surface area contributed by atoms with Crippen molar-refractivity contribution in [2.45, 2.75) is 45.1 Å². The maximum absolute atomic E-state index is 12.0. The second-order valence-corrected chi connectivity index (χ2v) is 8.57. The Balaban J connectivity index is 2.19. The first-order valence-electron chi connectivity index (χ1n) is 9.10. The van der Waals surface area contributed by atoms with Gasteiger partial charge in [-0.15, -0.1) is 11.3 Å². The van der Waals surface area contributed by atoms with Gasteiger partial charge >= 0.3 is 12.1 Å². The van der Waals surface area contributed by atoms with Gasteiger partial charge in [0.25, 0.3) is 0 Å². The minimum absolute atomic E-state index is 0.152. The molecule has 0 aliphatic carbocycles. The van der Waals surface area contributed by atoms with Crippen molar-refractivity contribution < 1.29 is 28.9 Å². The second kappa shape index (κ2) is 9.87. The molecule has 158 valence electrons. The van der Waals surface area contributed by atoms with E-state index in [2.05, 4.69) is 5.32 Å². The van der Waals surface area contributed by atoms with Crippen molar-refractivity contribution in [2.75, 3.05) is 14.2 Å². The van der Waals surface area contributed by atoms with Gasteiger partial charge in [-0.1, -0.05) is 24.3 Å². The fourth-order valence-electron chi connectivity index (χ4n) is 2.76. The largest absolute Gasteiger partial charge is 0.480 e. The molecular formula is C21H27NO6S. The number of hydrogen-bond acceptors (Lipinski definition) is 6. The molecule has 0 radical (unpaired) electrons. The smallest absolute Gasteiger partial charge is 0.408 e. The van der Waals surface area contributed by atoms with Crippen molar-refractivity contribution in [1.29, 1.82) is 0 Å². The van der Waals surface area contributed by atoms with E-state index in [0.29, 0.717) is 0 Å². The molecule has 1 unspecified atom stereocenters. The third kappa shape index (κ3) is 6.56. The van der Waals surface area contributed by atoms with Crippen LogP contribution in [0.25, 0.3) is 10.4 Å². The fraction of sp³-hybridized carbons (Fsp3) is 0.429. The van der Waals surface area contributed by atoms with Crippen molar-refractivity contribution in [1.82, 2.24) is 5.32 Å². The van der Waals surface area contributed by atoms with Crippen molar-refractivity contribution in [3.05, 3.63) is 46.8 Å². The summed E-state index contributed by atoms with van der Waals surface area (Å²) in [5.74, 6) is -1.12. The Bertz CT molecular complexity index is 838. The molecule has 7 nitrogen and oxygen atoms in total. The number of carboxylic acids is 1. The van der Waals surface area contributed by atoms with Crippen LogP contribution in [0.3, 0.4) is 0 Å². The molecular weight excluding hydrogens is 394 g/mol. The van der Waals surface area contributed by atoms with Crippen LogP contribution in [-0.2, 0) is 25.4 Å². The number of carbonyl (C=O) groups excluding carboxylic acids is 1. The predicted octanol–water partition coefficient (Wildman–Crippen LogP) is 4.23. The van der Waals surface area contributed by atoms with Gasteiger partial charge in [0.2, 0.25) is 0 Å². The molecule has 1 aromatic carbocycles. The zero-order valence-corrected chi connectivity index (χ0v) is 18.0. The number of alkyl carbamates (subject to hydrolysis) is 1. The number of amides is 1. The van der Waals surface area contributed by atoms with Gasteiger partial charge in [-0.05, 0) is 38.5 Å². The van der Waals surface area contributed by atoms with Crippen LogP contribution in [0.5, 0.6) is 0 Å². The SMILES string of the molecule is COC(OC)c1ccccc1-c1ccc(CC(NC(=O)OC(C)(C)C)C(=O)O)s1. The fourth-order valence-corrected chi connectivity index (χ4v) is 3.86. The summed E-state index contributed by atoms with van der Waals surface area (Å²) in [7, 11) is 3.15. The summed E-state index contributed by atoms with van der Waals surface area (Å²) in [6.45, 7) is 5.16. The van der Waals surface area contributed by atoms with Crippen LogP contribution in [0.1, 0.15) is 37.5 Å². The van der Waals surface area contributed by atoms with E-state index in [1.165, 1.54) is 11.3 Å². The number of benzene rings is 1. The number of nitrogens with one attached hydrogen (secondary N) is 1. The van der Waals surface area contributed by atoms with Crippen molar-refractivity contribution in [3.63, 3.8) is 0 Å².